The minimum absolute atomic E-state index is 0.257. The fraction of sp³-hybridized carbons (Fsp3) is 0.120. The molecule has 32 heavy (non-hydrogen) atoms. The number of carbonyl (C=O) groups excluding carboxylic acids is 1. The smallest absolute Gasteiger partial charge is 0.255 e. The third-order valence-electron chi connectivity index (χ3n) is 4.84. The number of anilines is 1. The molecular formula is C25H22FN5O. The van der Waals surface area contributed by atoms with Crippen molar-refractivity contribution in [3.05, 3.63) is 108 Å². The van der Waals surface area contributed by atoms with Crippen LogP contribution in [0.15, 0.2) is 85.3 Å². The second kappa shape index (κ2) is 10.3. The number of aromatic nitrogens is 3. The summed E-state index contributed by atoms with van der Waals surface area (Å²) in [5, 5.41) is 6.15. The van der Waals surface area contributed by atoms with Gasteiger partial charge in [-0.1, -0.05) is 24.3 Å². The number of pyridine rings is 3. The van der Waals surface area contributed by atoms with Gasteiger partial charge in [-0.05, 0) is 48.0 Å². The topological polar surface area (TPSA) is 79.8 Å². The number of nitrogens with one attached hydrogen (secondary N) is 2. The van der Waals surface area contributed by atoms with Gasteiger partial charge in [0.2, 0.25) is 0 Å². The number of rotatable bonds is 8. The quantitative estimate of drug-likeness (QED) is 0.439. The summed E-state index contributed by atoms with van der Waals surface area (Å²) in [5.74, 6) is -0.161. The molecule has 7 heteroatoms. The van der Waals surface area contributed by atoms with Gasteiger partial charge in [0, 0.05) is 49.4 Å². The Morgan fingerprint density at radius 3 is 2.69 bits per heavy atom. The number of hydrogen-bond acceptors (Lipinski definition) is 5. The van der Waals surface area contributed by atoms with E-state index in [4.69, 9.17) is 0 Å². The SMILES string of the molecule is O=C(NCc1cccnc1)c1ccc(-c2cccc(F)c2)nc1NCCc1ccccn1. The molecule has 0 aliphatic heterocycles. The van der Waals surface area contributed by atoms with Gasteiger partial charge in [-0.2, -0.15) is 0 Å². The summed E-state index contributed by atoms with van der Waals surface area (Å²) in [7, 11) is 0. The van der Waals surface area contributed by atoms with Gasteiger partial charge >= 0.3 is 0 Å². The largest absolute Gasteiger partial charge is 0.369 e. The number of amides is 1. The van der Waals surface area contributed by atoms with Crippen LogP contribution in [0.25, 0.3) is 11.3 Å². The first-order valence-corrected chi connectivity index (χ1v) is 10.3. The number of benzene rings is 1. The van der Waals surface area contributed by atoms with Crippen molar-refractivity contribution in [3.8, 4) is 11.3 Å². The summed E-state index contributed by atoms with van der Waals surface area (Å²) in [6.07, 6.45) is 5.81. The lowest BCUT2D eigenvalue weighted by atomic mass is 10.1. The first-order chi connectivity index (χ1) is 15.7. The standard InChI is InChI=1S/C25H22FN5O/c26-20-7-3-6-19(15-20)23-10-9-22(25(32)30-17-18-5-4-12-27-16-18)24(31-23)29-14-11-21-8-1-2-13-28-21/h1-10,12-13,15-16H,11,14,17H2,(H,29,31)(H,30,32). The predicted molar refractivity (Wildman–Crippen MR) is 121 cm³/mol. The molecule has 0 radical (unpaired) electrons. The molecule has 6 nitrogen and oxygen atoms in total. The number of hydrogen-bond donors (Lipinski definition) is 2. The van der Waals surface area contributed by atoms with Crippen LogP contribution in [0.5, 0.6) is 0 Å². The minimum atomic E-state index is -0.341. The average Bonchev–Trinajstić information content (AvgIpc) is 2.84. The maximum absolute atomic E-state index is 13.7. The van der Waals surface area contributed by atoms with Crippen molar-refractivity contribution in [2.75, 3.05) is 11.9 Å². The van der Waals surface area contributed by atoms with E-state index in [9.17, 15) is 9.18 Å². The first-order valence-electron chi connectivity index (χ1n) is 10.3. The van der Waals surface area contributed by atoms with Crippen LogP contribution in [0.1, 0.15) is 21.6 Å². The highest BCUT2D eigenvalue weighted by molar-refractivity contribution is 5.99. The van der Waals surface area contributed by atoms with E-state index in [1.54, 1.807) is 42.9 Å². The molecule has 0 aliphatic rings. The highest BCUT2D eigenvalue weighted by atomic mass is 19.1. The van der Waals surface area contributed by atoms with Gasteiger partial charge in [0.25, 0.3) is 5.91 Å². The van der Waals surface area contributed by atoms with Crippen LogP contribution in [-0.4, -0.2) is 27.4 Å². The highest BCUT2D eigenvalue weighted by Gasteiger charge is 2.15. The van der Waals surface area contributed by atoms with Crippen LogP contribution in [0.3, 0.4) is 0 Å². The molecule has 2 N–H and O–H groups in total. The maximum Gasteiger partial charge on any atom is 0.255 e. The van der Waals surface area contributed by atoms with Crippen LogP contribution < -0.4 is 10.6 Å². The summed E-state index contributed by atoms with van der Waals surface area (Å²) < 4.78 is 13.7. The van der Waals surface area contributed by atoms with E-state index in [1.807, 2.05) is 30.3 Å². The second-order valence-electron chi connectivity index (χ2n) is 7.14. The third kappa shape index (κ3) is 5.51. The van der Waals surface area contributed by atoms with E-state index in [2.05, 4.69) is 25.6 Å². The molecular weight excluding hydrogens is 405 g/mol. The summed E-state index contributed by atoms with van der Waals surface area (Å²) in [6.45, 7) is 0.894. The zero-order valence-corrected chi connectivity index (χ0v) is 17.3. The summed E-state index contributed by atoms with van der Waals surface area (Å²) in [6, 6.07) is 19.1. The fourth-order valence-corrected chi connectivity index (χ4v) is 3.22. The van der Waals surface area contributed by atoms with Crippen molar-refractivity contribution in [1.82, 2.24) is 20.3 Å². The zero-order chi connectivity index (χ0) is 22.2. The van der Waals surface area contributed by atoms with Gasteiger partial charge in [-0.3, -0.25) is 14.8 Å². The van der Waals surface area contributed by atoms with E-state index >= 15 is 0 Å². The van der Waals surface area contributed by atoms with Crippen molar-refractivity contribution in [2.45, 2.75) is 13.0 Å². The summed E-state index contributed by atoms with van der Waals surface area (Å²) in [5.41, 5.74) is 3.46. The summed E-state index contributed by atoms with van der Waals surface area (Å²) in [4.78, 5) is 25.9. The third-order valence-corrected chi connectivity index (χ3v) is 4.84. The summed E-state index contributed by atoms with van der Waals surface area (Å²) >= 11 is 0. The van der Waals surface area contributed by atoms with Crippen molar-refractivity contribution >= 4 is 11.7 Å². The predicted octanol–water partition coefficient (Wildman–Crippen LogP) is 4.26. The van der Waals surface area contributed by atoms with E-state index in [0.717, 1.165) is 11.3 Å². The molecule has 0 saturated carbocycles. The molecule has 160 valence electrons. The molecule has 1 amide bonds. The van der Waals surface area contributed by atoms with E-state index < -0.39 is 0 Å². The van der Waals surface area contributed by atoms with Gasteiger partial charge in [-0.25, -0.2) is 9.37 Å². The van der Waals surface area contributed by atoms with Crippen LogP contribution >= 0.6 is 0 Å². The molecule has 4 rings (SSSR count). The molecule has 0 bridgehead atoms. The molecule has 4 aromatic rings. The fourth-order valence-electron chi connectivity index (χ4n) is 3.22. The molecule has 0 saturated heterocycles. The molecule has 3 heterocycles. The van der Waals surface area contributed by atoms with Crippen molar-refractivity contribution in [3.63, 3.8) is 0 Å². The number of halogens is 1. The Morgan fingerprint density at radius 1 is 0.969 bits per heavy atom. The van der Waals surface area contributed by atoms with E-state index in [0.29, 0.717) is 42.1 Å². The molecule has 0 unspecified atom stereocenters. The van der Waals surface area contributed by atoms with Gasteiger partial charge in [0.1, 0.15) is 11.6 Å². The van der Waals surface area contributed by atoms with Gasteiger partial charge in [-0.15, -0.1) is 0 Å². The highest BCUT2D eigenvalue weighted by Crippen LogP contribution is 2.23. The van der Waals surface area contributed by atoms with Crippen LogP contribution in [-0.2, 0) is 13.0 Å². The van der Waals surface area contributed by atoms with E-state index in [1.165, 1.54) is 12.1 Å². The van der Waals surface area contributed by atoms with Gasteiger partial charge in [0.15, 0.2) is 0 Å². The first kappa shape index (κ1) is 21.1. The Labute approximate surface area is 185 Å². The lowest BCUT2D eigenvalue weighted by molar-refractivity contribution is 0.0951. The normalized spacial score (nSPS) is 10.5. The minimum Gasteiger partial charge on any atom is -0.369 e. The molecule has 0 spiro atoms. The average molecular weight is 427 g/mol. The van der Waals surface area contributed by atoms with Crippen LogP contribution in [0.2, 0.25) is 0 Å². The van der Waals surface area contributed by atoms with Crippen LogP contribution in [0.4, 0.5) is 10.2 Å². The lowest BCUT2D eigenvalue weighted by Gasteiger charge is -2.13. The molecule has 0 fully saturated rings. The van der Waals surface area contributed by atoms with Crippen molar-refractivity contribution in [1.29, 1.82) is 0 Å². The Hall–Kier alpha value is -4.13. The maximum atomic E-state index is 13.7. The number of nitrogens with zero attached hydrogens (tertiary/aromatic N) is 3. The zero-order valence-electron chi connectivity index (χ0n) is 17.3. The van der Waals surface area contributed by atoms with E-state index in [-0.39, 0.29) is 11.7 Å². The molecule has 0 atom stereocenters. The molecule has 0 aliphatic carbocycles. The lowest BCUT2D eigenvalue weighted by Crippen LogP contribution is -2.25. The number of carbonyl (C=O) groups is 1. The molecule has 1 aromatic carbocycles. The Morgan fingerprint density at radius 2 is 1.91 bits per heavy atom. The molecule has 3 aromatic heterocycles. The Bertz CT molecular complexity index is 1190. The van der Waals surface area contributed by atoms with Crippen LogP contribution in [0, 0.1) is 5.82 Å². The van der Waals surface area contributed by atoms with Gasteiger partial charge in [0.05, 0.1) is 11.3 Å². The van der Waals surface area contributed by atoms with Crippen molar-refractivity contribution < 1.29 is 9.18 Å². The van der Waals surface area contributed by atoms with Crippen molar-refractivity contribution in [2.24, 2.45) is 0 Å². The monoisotopic (exact) mass is 427 g/mol. The second-order valence-corrected chi connectivity index (χ2v) is 7.14. The Balaban J connectivity index is 1.55. The van der Waals surface area contributed by atoms with Gasteiger partial charge < -0.3 is 10.6 Å². The Kier molecular flexibility index (Phi) is 6.77.